The van der Waals surface area contributed by atoms with Crippen molar-refractivity contribution < 1.29 is 0 Å². The Morgan fingerprint density at radius 1 is 0.900 bits per heavy atom. The van der Waals surface area contributed by atoms with Crippen molar-refractivity contribution >= 4 is 17.1 Å². The predicted octanol–water partition coefficient (Wildman–Crippen LogP) is 4.45. The number of hydrogen-bond donors (Lipinski definition) is 0. The van der Waals surface area contributed by atoms with Gasteiger partial charge >= 0.3 is 0 Å². The molecule has 0 aromatic heterocycles. The molecule has 2 aromatic rings. The highest BCUT2D eigenvalue weighted by Gasteiger charge is 2.55. The van der Waals surface area contributed by atoms with Crippen LogP contribution in [-0.4, -0.2) is 19.8 Å². The smallest absolute Gasteiger partial charge is 0.178 e. The zero-order chi connectivity index (χ0) is 14.5. The fourth-order valence-corrected chi connectivity index (χ4v) is 3.51. The summed E-state index contributed by atoms with van der Waals surface area (Å²) in [5.74, 6) is 0. The molecule has 1 unspecified atom stereocenters. The average molecular weight is 267 g/mol. The molecule has 0 bridgehead atoms. The van der Waals surface area contributed by atoms with Crippen molar-refractivity contribution in [3.8, 4) is 0 Å². The third-order valence-corrected chi connectivity index (χ3v) is 5.24. The minimum absolute atomic E-state index is 0.0181. The van der Waals surface area contributed by atoms with Crippen molar-refractivity contribution in [3.05, 3.63) is 54.1 Å². The predicted molar refractivity (Wildman–Crippen MR) is 87.5 cm³/mol. The first-order chi connectivity index (χ1) is 9.40. The number of quaternary nitrogens is 1. The molecule has 0 spiro atoms. The molecule has 1 atom stereocenters. The van der Waals surface area contributed by atoms with Gasteiger partial charge in [0.05, 0.1) is 7.05 Å². The molecular formula is C18H23N2+. The van der Waals surface area contributed by atoms with E-state index in [1.165, 1.54) is 22.6 Å². The molecule has 2 nitrogen and oxygen atoms in total. The molecule has 0 aliphatic carbocycles. The third kappa shape index (κ3) is 1.43. The SMILES string of the molecule is Cc1ccccc1[N+]1(C)c2ccccc2N(C)C1(C)C. The van der Waals surface area contributed by atoms with Crippen LogP contribution in [0, 0.1) is 6.92 Å². The topological polar surface area (TPSA) is 3.24 Å². The fourth-order valence-electron chi connectivity index (χ4n) is 3.51. The van der Waals surface area contributed by atoms with Crippen LogP contribution in [0.5, 0.6) is 0 Å². The van der Waals surface area contributed by atoms with Gasteiger partial charge < -0.3 is 4.90 Å². The van der Waals surface area contributed by atoms with Gasteiger partial charge in [0.2, 0.25) is 0 Å². The summed E-state index contributed by atoms with van der Waals surface area (Å²) in [6.45, 7) is 6.84. The maximum atomic E-state index is 2.40. The Kier molecular flexibility index (Phi) is 2.70. The van der Waals surface area contributed by atoms with Gasteiger partial charge in [-0.15, -0.1) is 0 Å². The Hall–Kier alpha value is -1.80. The summed E-state index contributed by atoms with van der Waals surface area (Å²) >= 11 is 0. The molecule has 1 heterocycles. The standard InChI is InChI=1S/C18H23N2/c1-14-10-6-8-12-16(14)20(5)17-13-9-7-11-15(17)19(4)18(20,2)3/h6-13H,1-5H3/q+1. The van der Waals surface area contributed by atoms with Crippen molar-refractivity contribution in [1.29, 1.82) is 0 Å². The summed E-state index contributed by atoms with van der Waals surface area (Å²) in [6.07, 6.45) is 0. The zero-order valence-electron chi connectivity index (χ0n) is 13.0. The summed E-state index contributed by atoms with van der Waals surface area (Å²) in [5.41, 5.74) is 5.38. The van der Waals surface area contributed by atoms with Gasteiger partial charge in [-0.2, -0.15) is 0 Å². The van der Waals surface area contributed by atoms with Crippen molar-refractivity contribution in [3.63, 3.8) is 0 Å². The van der Waals surface area contributed by atoms with E-state index in [-0.39, 0.29) is 5.66 Å². The molecule has 0 radical (unpaired) electrons. The maximum Gasteiger partial charge on any atom is 0.178 e. The largest absolute Gasteiger partial charge is 0.318 e. The molecule has 1 aliphatic heterocycles. The molecule has 0 amide bonds. The average Bonchev–Trinajstić information content (AvgIpc) is 2.60. The lowest BCUT2D eigenvalue weighted by atomic mass is 10.0. The third-order valence-electron chi connectivity index (χ3n) is 5.24. The summed E-state index contributed by atoms with van der Waals surface area (Å²) in [6, 6.07) is 17.5. The number of para-hydroxylation sites is 3. The van der Waals surface area contributed by atoms with Crippen LogP contribution in [0.4, 0.5) is 17.1 Å². The molecule has 104 valence electrons. The lowest BCUT2D eigenvalue weighted by molar-refractivity contribution is 0.255. The van der Waals surface area contributed by atoms with Gasteiger partial charge in [0.25, 0.3) is 0 Å². The van der Waals surface area contributed by atoms with Crippen molar-refractivity contribution in [2.24, 2.45) is 0 Å². The minimum atomic E-state index is -0.0181. The monoisotopic (exact) mass is 267 g/mol. The summed E-state index contributed by atoms with van der Waals surface area (Å²) in [7, 11) is 4.52. The van der Waals surface area contributed by atoms with Gasteiger partial charge in [0.1, 0.15) is 11.4 Å². The number of rotatable bonds is 1. The van der Waals surface area contributed by atoms with Crippen LogP contribution < -0.4 is 9.38 Å². The van der Waals surface area contributed by atoms with Gasteiger partial charge in [-0.1, -0.05) is 30.3 Å². The van der Waals surface area contributed by atoms with E-state index in [1.54, 1.807) is 0 Å². The van der Waals surface area contributed by atoms with Gasteiger partial charge in [-0.3, -0.25) is 0 Å². The highest BCUT2D eigenvalue weighted by molar-refractivity contribution is 5.81. The number of benzene rings is 2. The molecule has 0 fully saturated rings. The first-order valence-corrected chi connectivity index (χ1v) is 7.17. The number of hydrogen-bond acceptors (Lipinski definition) is 1. The van der Waals surface area contributed by atoms with E-state index < -0.39 is 0 Å². The molecule has 1 aliphatic rings. The number of nitrogens with zero attached hydrogens (tertiary/aromatic N) is 2. The van der Waals surface area contributed by atoms with Gasteiger partial charge in [0.15, 0.2) is 11.4 Å². The van der Waals surface area contributed by atoms with Gasteiger partial charge in [-0.25, -0.2) is 4.48 Å². The highest BCUT2D eigenvalue weighted by atomic mass is 15.6. The van der Waals surface area contributed by atoms with E-state index in [1.807, 2.05) is 0 Å². The van der Waals surface area contributed by atoms with E-state index in [9.17, 15) is 0 Å². The van der Waals surface area contributed by atoms with Crippen LogP contribution in [-0.2, 0) is 0 Å². The Morgan fingerprint density at radius 3 is 2.10 bits per heavy atom. The van der Waals surface area contributed by atoms with E-state index in [0.717, 1.165) is 4.48 Å². The van der Waals surface area contributed by atoms with E-state index in [0.29, 0.717) is 0 Å². The fraction of sp³-hybridized carbons (Fsp3) is 0.333. The molecule has 20 heavy (non-hydrogen) atoms. The first-order valence-electron chi connectivity index (χ1n) is 7.17. The van der Waals surface area contributed by atoms with Crippen LogP contribution in [0.25, 0.3) is 0 Å². The van der Waals surface area contributed by atoms with Crippen LogP contribution in [0.1, 0.15) is 19.4 Å². The quantitative estimate of drug-likeness (QED) is 0.690. The Balaban J connectivity index is 2.34. The van der Waals surface area contributed by atoms with E-state index in [4.69, 9.17) is 0 Å². The molecule has 0 saturated carbocycles. The second-order valence-electron chi connectivity index (χ2n) is 6.33. The van der Waals surface area contributed by atoms with Crippen LogP contribution in [0.2, 0.25) is 0 Å². The van der Waals surface area contributed by atoms with Crippen molar-refractivity contribution in [2.45, 2.75) is 26.4 Å². The summed E-state index contributed by atoms with van der Waals surface area (Å²) in [4.78, 5) is 2.40. The van der Waals surface area contributed by atoms with Crippen molar-refractivity contribution in [2.75, 3.05) is 19.0 Å². The second-order valence-corrected chi connectivity index (χ2v) is 6.33. The number of fused-ring (bicyclic) bond motifs is 1. The molecule has 2 aromatic carbocycles. The maximum absolute atomic E-state index is 2.40. The number of aryl methyl sites for hydroxylation is 1. The molecule has 0 saturated heterocycles. The van der Waals surface area contributed by atoms with Gasteiger partial charge in [0, 0.05) is 32.5 Å². The Bertz CT molecular complexity index is 660. The Morgan fingerprint density at radius 2 is 1.45 bits per heavy atom. The van der Waals surface area contributed by atoms with Crippen molar-refractivity contribution in [1.82, 2.24) is 4.48 Å². The van der Waals surface area contributed by atoms with Crippen LogP contribution in [0.15, 0.2) is 48.5 Å². The molecule has 2 heteroatoms. The lowest BCUT2D eigenvalue weighted by Crippen LogP contribution is -2.60. The Labute approximate surface area is 121 Å². The minimum Gasteiger partial charge on any atom is -0.318 e. The second kappa shape index (κ2) is 4.10. The summed E-state index contributed by atoms with van der Waals surface area (Å²) in [5, 5.41) is 0. The normalized spacial score (nSPS) is 23.8. The van der Waals surface area contributed by atoms with E-state index >= 15 is 0 Å². The highest BCUT2D eigenvalue weighted by Crippen LogP contribution is 2.53. The molecule has 3 rings (SSSR count). The molecule has 0 N–H and O–H groups in total. The van der Waals surface area contributed by atoms with Crippen LogP contribution >= 0.6 is 0 Å². The summed E-state index contributed by atoms with van der Waals surface area (Å²) < 4.78 is 0.812. The zero-order valence-corrected chi connectivity index (χ0v) is 13.0. The first kappa shape index (κ1) is 13.2. The van der Waals surface area contributed by atoms with Gasteiger partial charge in [-0.05, 0) is 19.1 Å². The van der Waals surface area contributed by atoms with E-state index in [2.05, 4.69) is 88.3 Å². The van der Waals surface area contributed by atoms with Crippen LogP contribution in [0.3, 0.4) is 0 Å². The number of anilines is 1. The molecular weight excluding hydrogens is 244 g/mol. The lowest BCUT2D eigenvalue weighted by Gasteiger charge is -2.44.